The number of rotatable bonds is 4. The molecule has 126 valence electrons. The standard InChI is InChI=1S/C17H32N4O/c1-17(2,21-9-5-4-6-10-21)12-19-16(18-3)20-14-11-13-7-8-15(14)22-13/h13-15H,4-12H2,1-3H3,(H2,18,19,20). The van der Waals surface area contributed by atoms with Crippen LogP contribution in [0.25, 0.3) is 0 Å². The number of nitrogens with zero attached hydrogens (tertiary/aromatic N) is 2. The van der Waals surface area contributed by atoms with Crippen LogP contribution in [0.1, 0.15) is 52.4 Å². The predicted molar refractivity (Wildman–Crippen MR) is 90.3 cm³/mol. The maximum absolute atomic E-state index is 5.92. The van der Waals surface area contributed by atoms with Gasteiger partial charge in [0.2, 0.25) is 0 Å². The molecule has 3 aliphatic rings. The third-order valence-corrected chi connectivity index (χ3v) is 5.55. The van der Waals surface area contributed by atoms with Crippen molar-refractivity contribution in [3.05, 3.63) is 0 Å². The van der Waals surface area contributed by atoms with Crippen LogP contribution in [0.2, 0.25) is 0 Å². The summed E-state index contributed by atoms with van der Waals surface area (Å²) in [4.78, 5) is 7.01. The Morgan fingerprint density at radius 2 is 2.00 bits per heavy atom. The van der Waals surface area contributed by atoms with Gasteiger partial charge in [-0.25, -0.2) is 0 Å². The minimum absolute atomic E-state index is 0.170. The van der Waals surface area contributed by atoms with Crippen LogP contribution in [0.4, 0.5) is 0 Å². The molecule has 3 atom stereocenters. The van der Waals surface area contributed by atoms with E-state index in [4.69, 9.17) is 4.74 Å². The second-order valence-electron chi connectivity index (χ2n) is 7.65. The van der Waals surface area contributed by atoms with Crippen LogP contribution < -0.4 is 10.6 Å². The molecule has 0 amide bonds. The van der Waals surface area contributed by atoms with Crippen LogP contribution in [-0.2, 0) is 4.74 Å². The average Bonchev–Trinajstić information content (AvgIpc) is 3.15. The summed E-state index contributed by atoms with van der Waals surface area (Å²) in [5.74, 6) is 0.922. The molecule has 5 nitrogen and oxygen atoms in total. The zero-order chi connectivity index (χ0) is 15.6. The Balaban J connectivity index is 1.48. The Hall–Kier alpha value is -0.810. The molecule has 0 spiro atoms. The van der Waals surface area contributed by atoms with Crippen LogP contribution in [0.15, 0.2) is 4.99 Å². The van der Waals surface area contributed by atoms with Crippen LogP contribution in [0.3, 0.4) is 0 Å². The summed E-state index contributed by atoms with van der Waals surface area (Å²) >= 11 is 0. The van der Waals surface area contributed by atoms with Gasteiger partial charge in [-0.2, -0.15) is 0 Å². The van der Waals surface area contributed by atoms with E-state index in [0.29, 0.717) is 18.2 Å². The van der Waals surface area contributed by atoms with Gasteiger partial charge in [0.1, 0.15) is 0 Å². The van der Waals surface area contributed by atoms with Crippen molar-refractivity contribution >= 4 is 5.96 Å². The number of guanidine groups is 1. The molecule has 3 saturated heterocycles. The summed E-state index contributed by atoms with van der Waals surface area (Å²) < 4.78 is 5.92. The van der Waals surface area contributed by atoms with Gasteiger partial charge >= 0.3 is 0 Å². The molecule has 5 heteroatoms. The van der Waals surface area contributed by atoms with Gasteiger partial charge in [0.15, 0.2) is 5.96 Å². The molecule has 0 aromatic heterocycles. The molecular weight excluding hydrogens is 276 g/mol. The fraction of sp³-hybridized carbons (Fsp3) is 0.941. The van der Waals surface area contributed by atoms with Crippen molar-refractivity contribution in [3.63, 3.8) is 0 Å². The SMILES string of the molecule is CN=C(NCC(C)(C)N1CCCCC1)NC1CC2CCC1O2. The quantitative estimate of drug-likeness (QED) is 0.613. The van der Waals surface area contributed by atoms with Crippen molar-refractivity contribution in [1.29, 1.82) is 0 Å². The smallest absolute Gasteiger partial charge is 0.191 e. The number of hydrogen-bond donors (Lipinski definition) is 2. The lowest BCUT2D eigenvalue weighted by Gasteiger charge is -2.41. The van der Waals surface area contributed by atoms with E-state index in [1.54, 1.807) is 0 Å². The van der Waals surface area contributed by atoms with E-state index in [-0.39, 0.29) is 5.54 Å². The highest BCUT2D eigenvalue weighted by Crippen LogP contribution is 2.34. The van der Waals surface area contributed by atoms with E-state index >= 15 is 0 Å². The minimum Gasteiger partial charge on any atom is -0.373 e. The van der Waals surface area contributed by atoms with E-state index in [2.05, 4.69) is 34.4 Å². The Bertz CT molecular complexity index is 403. The molecule has 0 aliphatic carbocycles. The summed E-state index contributed by atoms with van der Waals surface area (Å²) in [7, 11) is 1.86. The van der Waals surface area contributed by atoms with Gasteiger partial charge in [0.25, 0.3) is 0 Å². The molecule has 3 aliphatic heterocycles. The fourth-order valence-electron chi connectivity index (χ4n) is 4.07. The van der Waals surface area contributed by atoms with Crippen LogP contribution in [-0.4, -0.2) is 61.3 Å². The second-order valence-corrected chi connectivity index (χ2v) is 7.65. The second kappa shape index (κ2) is 6.75. The van der Waals surface area contributed by atoms with E-state index in [1.165, 1.54) is 45.2 Å². The first-order valence-electron chi connectivity index (χ1n) is 8.96. The number of nitrogens with one attached hydrogen (secondary N) is 2. The lowest BCUT2D eigenvalue weighted by molar-refractivity contribution is 0.0967. The minimum atomic E-state index is 0.170. The lowest BCUT2D eigenvalue weighted by Crippen LogP contribution is -2.56. The first-order chi connectivity index (χ1) is 10.6. The molecule has 3 unspecified atom stereocenters. The van der Waals surface area contributed by atoms with Gasteiger partial charge in [-0.1, -0.05) is 6.42 Å². The van der Waals surface area contributed by atoms with Crippen molar-refractivity contribution in [2.75, 3.05) is 26.7 Å². The van der Waals surface area contributed by atoms with E-state index in [9.17, 15) is 0 Å². The first kappa shape index (κ1) is 16.1. The Morgan fingerprint density at radius 1 is 1.23 bits per heavy atom. The number of likely N-dealkylation sites (tertiary alicyclic amines) is 1. The normalized spacial score (nSPS) is 33.2. The third-order valence-electron chi connectivity index (χ3n) is 5.55. The van der Waals surface area contributed by atoms with Gasteiger partial charge in [-0.15, -0.1) is 0 Å². The number of aliphatic imine (C=N–C) groups is 1. The molecule has 0 radical (unpaired) electrons. The highest BCUT2D eigenvalue weighted by Gasteiger charge is 2.41. The molecule has 0 aromatic carbocycles. The summed E-state index contributed by atoms with van der Waals surface area (Å²) in [5.41, 5.74) is 0.170. The van der Waals surface area contributed by atoms with Gasteiger partial charge in [0, 0.05) is 19.1 Å². The van der Waals surface area contributed by atoms with E-state index < -0.39 is 0 Å². The van der Waals surface area contributed by atoms with Crippen LogP contribution >= 0.6 is 0 Å². The van der Waals surface area contributed by atoms with Crippen LogP contribution in [0, 0.1) is 0 Å². The molecule has 2 bridgehead atoms. The molecule has 2 N–H and O–H groups in total. The molecule has 0 aromatic rings. The molecule has 0 saturated carbocycles. The summed E-state index contributed by atoms with van der Waals surface area (Å²) in [6, 6.07) is 0.433. The van der Waals surface area contributed by atoms with Crippen molar-refractivity contribution in [2.45, 2.75) is 76.2 Å². The summed E-state index contributed by atoms with van der Waals surface area (Å²) in [6.45, 7) is 8.04. The highest BCUT2D eigenvalue weighted by molar-refractivity contribution is 5.80. The summed E-state index contributed by atoms with van der Waals surface area (Å²) in [6.07, 6.45) is 8.46. The third kappa shape index (κ3) is 3.57. The average molecular weight is 308 g/mol. The maximum Gasteiger partial charge on any atom is 0.191 e. The van der Waals surface area contributed by atoms with Gasteiger partial charge in [0.05, 0.1) is 18.2 Å². The van der Waals surface area contributed by atoms with E-state index in [1.807, 2.05) is 7.05 Å². The molecule has 3 heterocycles. The number of fused-ring (bicyclic) bond motifs is 2. The number of hydrogen-bond acceptors (Lipinski definition) is 3. The number of piperidine rings is 1. The molecule has 3 rings (SSSR count). The first-order valence-corrected chi connectivity index (χ1v) is 8.96. The Labute approximate surface area is 134 Å². The van der Waals surface area contributed by atoms with Crippen LogP contribution in [0.5, 0.6) is 0 Å². The highest BCUT2D eigenvalue weighted by atomic mass is 16.5. The van der Waals surface area contributed by atoms with E-state index in [0.717, 1.165) is 18.9 Å². The van der Waals surface area contributed by atoms with Gasteiger partial charge in [-0.05, 0) is 59.0 Å². The molecular formula is C17H32N4O. The molecule has 3 fully saturated rings. The van der Waals surface area contributed by atoms with Gasteiger partial charge in [-0.3, -0.25) is 9.89 Å². The van der Waals surface area contributed by atoms with Crippen molar-refractivity contribution in [3.8, 4) is 0 Å². The van der Waals surface area contributed by atoms with Gasteiger partial charge < -0.3 is 15.4 Å². The monoisotopic (exact) mass is 308 g/mol. The maximum atomic E-state index is 5.92. The summed E-state index contributed by atoms with van der Waals surface area (Å²) in [5, 5.41) is 7.10. The zero-order valence-corrected chi connectivity index (χ0v) is 14.4. The lowest BCUT2D eigenvalue weighted by atomic mass is 9.95. The Morgan fingerprint density at radius 3 is 2.59 bits per heavy atom. The number of ether oxygens (including phenoxy) is 1. The van der Waals surface area contributed by atoms with Crippen molar-refractivity contribution in [1.82, 2.24) is 15.5 Å². The Kier molecular flexibility index (Phi) is 4.93. The fourth-order valence-corrected chi connectivity index (χ4v) is 4.07. The van der Waals surface area contributed by atoms with Crippen molar-refractivity contribution < 1.29 is 4.74 Å². The predicted octanol–water partition coefficient (Wildman–Crippen LogP) is 1.74. The molecule has 22 heavy (non-hydrogen) atoms. The zero-order valence-electron chi connectivity index (χ0n) is 14.4. The largest absolute Gasteiger partial charge is 0.373 e. The topological polar surface area (TPSA) is 48.9 Å². The van der Waals surface area contributed by atoms with Crippen molar-refractivity contribution in [2.24, 2.45) is 4.99 Å².